The normalized spacial score (nSPS) is 14.0. The van der Waals surface area contributed by atoms with Crippen molar-refractivity contribution < 1.29 is 0 Å². The molecule has 102 valence electrons. The van der Waals surface area contributed by atoms with Gasteiger partial charge in [-0.1, -0.05) is 60.7 Å². The van der Waals surface area contributed by atoms with Gasteiger partial charge in [-0.25, -0.2) is 0 Å². The molecule has 0 unspecified atom stereocenters. The van der Waals surface area contributed by atoms with Gasteiger partial charge in [0.05, 0.1) is 0 Å². The van der Waals surface area contributed by atoms with Crippen molar-refractivity contribution in [1.82, 2.24) is 0 Å². The highest BCUT2D eigenvalue weighted by atomic mass is 14.2. The van der Waals surface area contributed by atoms with Gasteiger partial charge in [0.25, 0.3) is 0 Å². The lowest BCUT2D eigenvalue weighted by Gasteiger charge is -2.16. The van der Waals surface area contributed by atoms with Gasteiger partial charge in [0.1, 0.15) is 0 Å². The van der Waals surface area contributed by atoms with Crippen LogP contribution in [0.1, 0.15) is 11.1 Å². The molecule has 0 atom stereocenters. The van der Waals surface area contributed by atoms with E-state index in [4.69, 9.17) is 0 Å². The van der Waals surface area contributed by atoms with Crippen molar-refractivity contribution in [1.29, 1.82) is 0 Å². The summed E-state index contributed by atoms with van der Waals surface area (Å²) in [5.74, 6) is 0. The maximum absolute atomic E-state index is 2.43. The number of hydrogen-bond donors (Lipinski definition) is 0. The van der Waals surface area contributed by atoms with E-state index in [1.54, 1.807) is 0 Å². The van der Waals surface area contributed by atoms with Gasteiger partial charge in [0.15, 0.2) is 0 Å². The van der Waals surface area contributed by atoms with E-state index in [2.05, 4.69) is 60.7 Å². The molecule has 6 rings (SSSR count). The Labute approximate surface area is 128 Å². The molecule has 0 saturated carbocycles. The summed E-state index contributed by atoms with van der Waals surface area (Å²) >= 11 is 0. The Kier molecular flexibility index (Phi) is 1.80. The van der Waals surface area contributed by atoms with Gasteiger partial charge in [-0.05, 0) is 67.1 Å². The Bertz CT molecular complexity index is 1210. The predicted molar refractivity (Wildman–Crippen MR) is 95.1 cm³/mol. The molecule has 0 nitrogen and oxygen atoms in total. The smallest absolute Gasteiger partial charge is 0.00148 e. The molecule has 0 spiro atoms. The first-order valence-corrected chi connectivity index (χ1v) is 8.02. The Morgan fingerprint density at radius 3 is 2.09 bits per heavy atom. The standard InChI is InChI=1S/C22H14/c1-2-6-17-16(5-1)18-7-3-4-14-12-15-9-8-13-10-11-19(17)22(20(13)15)21(14)18/h1-7,10-12H,8-9H2. The Morgan fingerprint density at radius 2 is 1.23 bits per heavy atom. The molecule has 1 aliphatic rings. The van der Waals surface area contributed by atoms with E-state index in [0.717, 1.165) is 0 Å². The third-order valence-electron chi connectivity index (χ3n) is 5.46. The first-order chi connectivity index (χ1) is 10.9. The van der Waals surface area contributed by atoms with Crippen LogP contribution in [0, 0.1) is 0 Å². The highest BCUT2D eigenvalue weighted by Crippen LogP contribution is 2.44. The van der Waals surface area contributed by atoms with Crippen LogP contribution in [-0.4, -0.2) is 0 Å². The number of fused-ring (bicyclic) bond motifs is 3. The maximum atomic E-state index is 2.43. The minimum atomic E-state index is 1.19. The van der Waals surface area contributed by atoms with Crippen LogP contribution in [0.4, 0.5) is 0 Å². The van der Waals surface area contributed by atoms with Gasteiger partial charge in [0.2, 0.25) is 0 Å². The van der Waals surface area contributed by atoms with Crippen LogP contribution in [0.3, 0.4) is 0 Å². The zero-order chi connectivity index (χ0) is 14.3. The number of hydrogen-bond acceptors (Lipinski definition) is 0. The first-order valence-electron chi connectivity index (χ1n) is 8.02. The van der Waals surface area contributed by atoms with E-state index < -0.39 is 0 Å². The summed E-state index contributed by atoms with van der Waals surface area (Å²) in [6.07, 6.45) is 2.39. The highest BCUT2D eigenvalue weighted by molar-refractivity contribution is 6.34. The van der Waals surface area contributed by atoms with E-state index >= 15 is 0 Å². The molecule has 1 aliphatic carbocycles. The fourth-order valence-corrected chi connectivity index (χ4v) is 4.58. The van der Waals surface area contributed by atoms with Gasteiger partial charge in [-0.2, -0.15) is 0 Å². The fourth-order valence-electron chi connectivity index (χ4n) is 4.58. The van der Waals surface area contributed by atoms with Crippen LogP contribution in [0.5, 0.6) is 0 Å². The lowest BCUT2D eigenvalue weighted by Crippen LogP contribution is -1.89. The molecule has 0 bridgehead atoms. The minimum Gasteiger partial charge on any atom is -0.0616 e. The highest BCUT2D eigenvalue weighted by Gasteiger charge is 2.20. The molecule has 0 aromatic heterocycles. The van der Waals surface area contributed by atoms with E-state index in [0.29, 0.717) is 0 Å². The molecule has 0 heterocycles. The van der Waals surface area contributed by atoms with E-state index in [1.165, 1.54) is 67.1 Å². The van der Waals surface area contributed by atoms with Gasteiger partial charge >= 0.3 is 0 Å². The van der Waals surface area contributed by atoms with Crippen molar-refractivity contribution in [2.75, 3.05) is 0 Å². The topological polar surface area (TPSA) is 0 Å². The molecule has 0 aliphatic heterocycles. The molecule has 0 heteroatoms. The Morgan fingerprint density at radius 1 is 0.500 bits per heavy atom. The second kappa shape index (κ2) is 3.59. The first kappa shape index (κ1) is 11.0. The molecule has 0 saturated heterocycles. The van der Waals surface area contributed by atoms with Crippen molar-refractivity contribution >= 4 is 43.1 Å². The van der Waals surface area contributed by atoms with Crippen molar-refractivity contribution in [3.05, 3.63) is 71.8 Å². The van der Waals surface area contributed by atoms with Crippen LogP contribution in [0.2, 0.25) is 0 Å². The Hall–Kier alpha value is -2.60. The van der Waals surface area contributed by atoms with Crippen molar-refractivity contribution in [3.63, 3.8) is 0 Å². The summed E-state index contributed by atoms with van der Waals surface area (Å²) in [6.45, 7) is 0. The quantitative estimate of drug-likeness (QED) is 0.247. The predicted octanol–water partition coefficient (Wildman–Crippen LogP) is 5.84. The molecule has 0 fully saturated rings. The van der Waals surface area contributed by atoms with Crippen molar-refractivity contribution in [2.24, 2.45) is 0 Å². The van der Waals surface area contributed by atoms with Gasteiger partial charge < -0.3 is 0 Å². The summed E-state index contributed by atoms with van der Waals surface area (Å²) in [4.78, 5) is 0. The summed E-state index contributed by atoms with van der Waals surface area (Å²) in [5.41, 5.74) is 3.07. The van der Waals surface area contributed by atoms with Crippen LogP contribution < -0.4 is 0 Å². The van der Waals surface area contributed by atoms with E-state index in [9.17, 15) is 0 Å². The van der Waals surface area contributed by atoms with Gasteiger partial charge in [-0.15, -0.1) is 0 Å². The zero-order valence-corrected chi connectivity index (χ0v) is 12.2. The SMILES string of the molecule is c1ccc2c(c1)c1cccc3cc4c5c(ccc2c5c31)CC4. The summed E-state index contributed by atoms with van der Waals surface area (Å²) < 4.78 is 0. The molecule has 0 N–H and O–H groups in total. The average molecular weight is 278 g/mol. The number of rotatable bonds is 0. The summed E-state index contributed by atoms with van der Waals surface area (Å²) in [7, 11) is 0. The van der Waals surface area contributed by atoms with E-state index in [1.807, 2.05) is 0 Å². The summed E-state index contributed by atoms with van der Waals surface area (Å²) in [5, 5.41) is 11.5. The lowest BCUT2D eigenvalue weighted by atomic mass is 9.87. The van der Waals surface area contributed by atoms with Gasteiger partial charge in [-0.3, -0.25) is 0 Å². The molecule has 5 aromatic carbocycles. The largest absolute Gasteiger partial charge is 0.0616 e. The van der Waals surface area contributed by atoms with Crippen LogP contribution in [-0.2, 0) is 12.8 Å². The van der Waals surface area contributed by atoms with Crippen LogP contribution >= 0.6 is 0 Å². The third-order valence-corrected chi connectivity index (χ3v) is 5.46. The van der Waals surface area contributed by atoms with E-state index in [-0.39, 0.29) is 0 Å². The van der Waals surface area contributed by atoms with Crippen molar-refractivity contribution in [2.45, 2.75) is 12.8 Å². The molecule has 22 heavy (non-hydrogen) atoms. The van der Waals surface area contributed by atoms with Crippen LogP contribution in [0.15, 0.2) is 60.7 Å². The third kappa shape index (κ3) is 1.13. The average Bonchev–Trinajstić information content (AvgIpc) is 2.99. The minimum absolute atomic E-state index is 1.19. The Balaban J connectivity index is 2.13. The molecular weight excluding hydrogens is 264 g/mol. The second-order valence-corrected chi connectivity index (χ2v) is 6.51. The summed E-state index contributed by atoms with van der Waals surface area (Å²) in [6, 6.07) is 22.7. The number of benzene rings is 5. The van der Waals surface area contributed by atoms with Gasteiger partial charge in [0, 0.05) is 0 Å². The molecule has 0 amide bonds. The maximum Gasteiger partial charge on any atom is -0.00148 e. The molecule has 5 aromatic rings. The zero-order valence-electron chi connectivity index (χ0n) is 12.2. The van der Waals surface area contributed by atoms with Crippen LogP contribution in [0.25, 0.3) is 43.1 Å². The number of aryl methyl sites for hydroxylation is 2. The second-order valence-electron chi connectivity index (χ2n) is 6.51. The van der Waals surface area contributed by atoms with Crippen molar-refractivity contribution in [3.8, 4) is 0 Å². The molecular formula is C22H14. The monoisotopic (exact) mass is 278 g/mol. The lowest BCUT2D eigenvalue weighted by molar-refractivity contribution is 1.03. The molecule has 0 radical (unpaired) electrons. The fraction of sp³-hybridized carbons (Fsp3) is 0.0909.